The van der Waals surface area contributed by atoms with Crippen LogP contribution in [0.2, 0.25) is 0 Å². The molecule has 1 aromatic heterocycles. The summed E-state index contributed by atoms with van der Waals surface area (Å²) in [5, 5.41) is 2.87. The number of nitrogens with one attached hydrogen (secondary N) is 1. The lowest BCUT2D eigenvalue weighted by Crippen LogP contribution is -2.41. The monoisotopic (exact) mass is 279 g/mol. The first-order chi connectivity index (χ1) is 9.58. The molecule has 0 unspecified atom stereocenters. The number of nitrogens with two attached hydrogens (primary N) is 1. The third-order valence-electron chi connectivity index (χ3n) is 3.40. The van der Waals surface area contributed by atoms with E-state index in [1.54, 1.807) is 13.2 Å². The molecule has 1 atom stereocenters. The van der Waals surface area contributed by atoms with Crippen LogP contribution in [0.25, 0.3) is 0 Å². The average Bonchev–Trinajstić information content (AvgIpc) is 2.44. The normalized spacial score (nSPS) is 18.7. The molecule has 7 nitrogen and oxygen atoms in total. The molecule has 2 rings (SSSR count). The van der Waals surface area contributed by atoms with E-state index >= 15 is 0 Å². The number of methoxy groups -OCH3 is 1. The zero-order valence-corrected chi connectivity index (χ0v) is 11.9. The quantitative estimate of drug-likeness (QED) is 0.829. The highest BCUT2D eigenvalue weighted by Crippen LogP contribution is 2.24. The van der Waals surface area contributed by atoms with Crippen molar-refractivity contribution >= 4 is 17.7 Å². The van der Waals surface area contributed by atoms with Crippen molar-refractivity contribution in [2.75, 3.05) is 37.4 Å². The summed E-state index contributed by atoms with van der Waals surface area (Å²) < 4.78 is 5.12. The molecule has 1 saturated heterocycles. The maximum atomic E-state index is 11.0. The van der Waals surface area contributed by atoms with Crippen molar-refractivity contribution in [3.8, 4) is 5.88 Å². The van der Waals surface area contributed by atoms with Crippen LogP contribution in [0.4, 0.5) is 11.8 Å². The summed E-state index contributed by atoms with van der Waals surface area (Å²) in [4.78, 5) is 21.4. The largest absolute Gasteiger partial charge is 0.481 e. The van der Waals surface area contributed by atoms with Crippen molar-refractivity contribution in [2.45, 2.75) is 19.8 Å². The van der Waals surface area contributed by atoms with E-state index in [9.17, 15) is 4.79 Å². The van der Waals surface area contributed by atoms with Crippen LogP contribution in [0.5, 0.6) is 5.88 Å². The molecular weight excluding hydrogens is 258 g/mol. The van der Waals surface area contributed by atoms with Gasteiger partial charge in [-0.1, -0.05) is 0 Å². The van der Waals surface area contributed by atoms with Gasteiger partial charge in [0.2, 0.25) is 17.7 Å². The topological polar surface area (TPSA) is 93.4 Å². The van der Waals surface area contributed by atoms with Crippen LogP contribution in [-0.2, 0) is 4.79 Å². The number of ether oxygens (including phenoxy) is 1. The molecule has 1 aromatic rings. The number of hydrogen-bond acceptors (Lipinski definition) is 6. The molecule has 2 heterocycles. The number of piperidine rings is 1. The molecule has 20 heavy (non-hydrogen) atoms. The summed E-state index contributed by atoms with van der Waals surface area (Å²) in [6.07, 6.45) is 2.17. The number of anilines is 2. The van der Waals surface area contributed by atoms with E-state index in [-0.39, 0.29) is 11.9 Å². The van der Waals surface area contributed by atoms with Gasteiger partial charge in [0.05, 0.1) is 7.11 Å². The number of aromatic nitrogens is 2. The molecule has 0 radical (unpaired) electrons. The second-order valence-corrected chi connectivity index (χ2v) is 5.02. The fourth-order valence-electron chi connectivity index (χ4n) is 2.42. The molecule has 0 spiro atoms. The Labute approximate surface area is 118 Å². The summed E-state index contributed by atoms with van der Waals surface area (Å²) in [6.45, 7) is 4.01. The summed E-state index contributed by atoms with van der Waals surface area (Å²) >= 11 is 0. The van der Waals surface area contributed by atoms with E-state index in [0.717, 1.165) is 31.7 Å². The second-order valence-electron chi connectivity index (χ2n) is 5.02. The van der Waals surface area contributed by atoms with E-state index in [0.29, 0.717) is 18.3 Å². The van der Waals surface area contributed by atoms with Crippen molar-refractivity contribution in [1.82, 2.24) is 15.3 Å². The van der Waals surface area contributed by atoms with Gasteiger partial charge < -0.3 is 20.7 Å². The molecule has 0 aromatic carbocycles. The van der Waals surface area contributed by atoms with Crippen LogP contribution in [0, 0.1) is 5.92 Å². The van der Waals surface area contributed by atoms with E-state index < -0.39 is 0 Å². The van der Waals surface area contributed by atoms with Crippen molar-refractivity contribution < 1.29 is 9.53 Å². The summed E-state index contributed by atoms with van der Waals surface area (Å²) in [7, 11) is 1.56. The third kappa shape index (κ3) is 3.72. The lowest BCUT2D eigenvalue weighted by Gasteiger charge is -2.33. The van der Waals surface area contributed by atoms with Gasteiger partial charge in [0.25, 0.3) is 0 Å². The fraction of sp³-hybridized carbons (Fsp3) is 0.615. The summed E-state index contributed by atoms with van der Waals surface area (Å²) in [5.74, 6) is 1.90. The van der Waals surface area contributed by atoms with Crippen LogP contribution >= 0.6 is 0 Å². The molecule has 1 aliphatic heterocycles. The Bertz CT molecular complexity index is 480. The van der Waals surface area contributed by atoms with Gasteiger partial charge in [0.1, 0.15) is 5.82 Å². The lowest BCUT2D eigenvalue weighted by molar-refractivity contribution is -0.119. The first-order valence-corrected chi connectivity index (χ1v) is 6.76. The molecule has 110 valence electrons. The van der Waals surface area contributed by atoms with Crippen molar-refractivity contribution in [3.05, 3.63) is 6.07 Å². The van der Waals surface area contributed by atoms with Gasteiger partial charge in [-0.25, -0.2) is 0 Å². The third-order valence-corrected chi connectivity index (χ3v) is 3.40. The Morgan fingerprint density at radius 2 is 2.40 bits per heavy atom. The molecule has 7 heteroatoms. The predicted octanol–water partition coefficient (Wildman–Crippen LogP) is 0.420. The fourth-order valence-corrected chi connectivity index (χ4v) is 2.42. The lowest BCUT2D eigenvalue weighted by atomic mass is 9.98. The maximum Gasteiger partial charge on any atom is 0.225 e. The van der Waals surface area contributed by atoms with Gasteiger partial charge in [0, 0.05) is 32.6 Å². The maximum absolute atomic E-state index is 11.0. The highest BCUT2D eigenvalue weighted by molar-refractivity contribution is 5.72. The van der Waals surface area contributed by atoms with Gasteiger partial charge in [-0.2, -0.15) is 9.97 Å². The summed E-state index contributed by atoms with van der Waals surface area (Å²) in [6, 6.07) is 1.79. The highest BCUT2D eigenvalue weighted by atomic mass is 16.5. The Balaban J connectivity index is 2.04. The van der Waals surface area contributed by atoms with Crippen molar-refractivity contribution in [2.24, 2.45) is 5.92 Å². The average molecular weight is 279 g/mol. The van der Waals surface area contributed by atoms with Crippen LogP contribution in [0.3, 0.4) is 0 Å². The van der Waals surface area contributed by atoms with Gasteiger partial charge in [0.15, 0.2) is 0 Å². The number of rotatable bonds is 4. The molecule has 0 bridgehead atoms. The standard InChI is InChI=1S/C13H21N5O2/c1-9(19)15-7-10-4-3-5-18(8-10)11-6-12(20-2)17-13(14)16-11/h6,10H,3-5,7-8H2,1-2H3,(H,15,19)(H2,14,16,17)/t10-/m1/s1. The molecule has 0 aliphatic carbocycles. The van der Waals surface area contributed by atoms with Crippen LogP contribution in [-0.4, -0.2) is 42.6 Å². The predicted molar refractivity (Wildman–Crippen MR) is 76.6 cm³/mol. The molecule has 1 amide bonds. The minimum Gasteiger partial charge on any atom is -0.481 e. The van der Waals surface area contributed by atoms with Gasteiger partial charge in [-0.05, 0) is 18.8 Å². The number of nitrogen functional groups attached to an aromatic ring is 1. The van der Waals surface area contributed by atoms with Gasteiger partial charge in [-0.15, -0.1) is 0 Å². The molecule has 0 saturated carbocycles. The summed E-state index contributed by atoms with van der Waals surface area (Å²) in [5.41, 5.74) is 5.69. The first-order valence-electron chi connectivity index (χ1n) is 6.76. The number of amides is 1. The Morgan fingerprint density at radius 3 is 3.10 bits per heavy atom. The number of carbonyl (C=O) groups is 1. The zero-order chi connectivity index (χ0) is 14.5. The minimum absolute atomic E-state index is 0.00933. The first kappa shape index (κ1) is 14.4. The highest BCUT2D eigenvalue weighted by Gasteiger charge is 2.22. The smallest absolute Gasteiger partial charge is 0.225 e. The van der Waals surface area contributed by atoms with Crippen LogP contribution in [0.15, 0.2) is 6.07 Å². The van der Waals surface area contributed by atoms with E-state index in [4.69, 9.17) is 10.5 Å². The Kier molecular flexibility index (Phi) is 4.60. The minimum atomic E-state index is 0.00933. The SMILES string of the molecule is COc1cc(N2CCC[C@H](CNC(C)=O)C2)nc(N)n1. The van der Waals surface area contributed by atoms with Gasteiger partial charge >= 0.3 is 0 Å². The van der Waals surface area contributed by atoms with E-state index in [2.05, 4.69) is 20.2 Å². The second kappa shape index (κ2) is 6.40. The van der Waals surface area contributed by atoms with Crippen LogP contribution < -0.4 is 20.7 Å². The van der Waals surface area contributed by atoms with Crippen molar-refractivity contribution in [1.29, 1.82) is 0 Å². The molecular formula is C13H21N5O2. The molecule has 1 fully saturated rings. The van der Waals surface area contributed by atoms with Crippen molar-refractivity contribution in [3.63, 3.8) is 0 Å². The van der Waals surface area contributed by atoms with Crippen LogP contribution in [0.1, 0.15) is 19.8 Å². The Morgan fingerprint density at radius 1 is 1.60 bits per heavy atom. The number of carbonyl (C=O) groups excluding carboxylic acids is 1. The number of nitrogens with zero attached hydrogens (tertiary/aromatic N) is 3. The van der Waals surface area contributed by atoms with E-state index in [1.165, 1.54) is 6.92 Å². The van der Waals surface area contributed by atoms with E-state index in [1.807, 2.05) is 0 Å². The number of hydrogen-bond donors (Lipinski definition) is 2. The van der Waals surface area contributed by atoms with Gasteiger partial charge in [-0.3, -0.25) is 4.79 Å². The Hall–Kier alpha value is -2.05. The molecule has 3 N–H and O–H groups in total. The zero-order valence-electron chi connectivity index (χ0n) is 11.9. The molecule has 1 aliphatic rings.